The number of nitrogens with one attached hydrogen (secondary N) is 2. The molecule has 0 radical (unpaired) electrons. The fraction of sp³-hybridized carbons (Fsp3) is 0.222. The molecule has 160 valence electrons. The van der Waals surface area contributed by atoms with Gasteiger partial charge in [-0.2, -0.15) is 0 Å². The predicted molar refractivity (Wildman–Crippen MR) is 119 cm³/mol. The molecule has 1 heterocycles. The van der Waals surface area contributed by atoms with E-state index in [1.54, 1.807) is 0 Å². The first-order valence-corrected chi connectivity index (χ1v) is 11.9. The summed E-state index contributed by atoms with van der Waals surface area (Å²) < 4.78 is 43.3. The molecule has 12 heteroatoms. The summed E-state index contributed by atoms with van der Waals surface area (Å²) in [6.45, 7) is 2.00. The van der Waals surface area contributed by atoms with Crippen LogP contribution in [-0.4, -0.2) is 35.4 Å². The Morgan fingerprint density at radius 3 is 2.43 bits per heavy atom. The molecule has 0 fully saturated rings. The average Bonchev–Trinajstić information content (AvgIpc) is 2.84. The minimum Gasteiger partial charge on any atom is -0.504 e. The third kappa shape index (κ3) is 4.98. The number of hydrogen-bond donors (Lipinski definition) is 4. The normalized spacial score (nSPS) is 19.9. The zero-order valence-electron chi connectivity index (χ0n) is 15.8. The first kappa shape index (κ1) is 22.2. The van der Waals surface area contributed by atoms with Gasteiger partial charge in [-0.05, 0) is 18.6 Å². The Bertz CT molecular complexity index is 1110. The van der Waals surface area contributed by atoms with Crippen LogP contribution in [0.4, 0.5) is 5.69 Å². The van der Waals surface area contributed by atoms with Crippen LogP contribution in [0.1, 0.15) is 13.3 Å². The summed E-state index contributed by atoms with van der Waals surface area (Å²) in [5.41, 5.74) is -0.0259. The van der Waals surface area contributed by atoms with Gasteiger partial charge in [-0.15, -0.1) is 8.80 Å². The van der Waals surface area contributed by atoms with Crippen molar-refractivity contribution in [3.8, 4) is 5.75 Å². The SMILES string of the molecule is CC[C@@H](NC1=NS(=O)N=C1Nc1ccc(Cl)c(S(N)(=O)=O)c1O)C1C=CC=CC=C1. The van der Waals surface area contributed by atoms with Crippen molar-refractivity contribution >= 4 is 50.2 Å². The highest BCUT2D eigenvalue weighted by Gasteiger charge is 2.27. The number of halogens is 1. The van der Waals surface area contributed by atoms with Gasteiger partial charge in [0.25, 0.3) is 11.2 Å². The number of amidine groups is 2. The summed E-state index contributed by atoms with van der Waals surface area (Å²) in [5, 5.41) is 21.2. The number of hydrogen-bond acceptors (Lipinski definition) is 6. The van der Waals surface area contributed by atoms with Crippen molar-refractivity contribution < 1.29 is 17.7 Å². The Morgan fingerprint density at radius 2 is 1.83 bits per heavy atom. The Morgan fingerprint density at radius 1 is 1.20 bits per heavy atom. The predicted octanol–water partition coefficient (Wildman–Crippen LogP) is 2.16. The number of phenolic OH excluding ortho intramolecular Hbond substituents is 1. The van der Waals surface area contributed by atoms with Crippen LogP contribution in [0.2, 0.25) is 5.02 Å². The van der Waals surface area contributed by atoms with Crippen molar-refractivity contribution in [1.82, 2.24) is 5.32 Å². The standard InChI is InChI=1S/C18H20ClN5O4S2/c1-2-13(11-7-5-3-4-6-8-11)21-17-18(24-29(26)23-17)22-14-10-9-12(19)16(15(14)25)30(20,27)28/h3-11,13,25H,2H2,1H3,(H,21,23)(H,22,24)(H2,20,27,28)/t13-,29?/m1/s1. The van der Waals surface area contributed by atoms with Gasteiger partial charge in [0.1, 0.15) is 4.90 Å². The number of allylic oxidation sites excluding steroid dienone is 4. The molecule has 0 bridgehead atoms. The molecule has 3 rings (SSSR count). The Hall–Kier alpha value is -2.47. The summed E-state index contributed by atoms with van der Waals surface area (Å²) >= 11 is 4.00. The summed E-state index contributed by atoms with van der Waals surface area (Å²) in [6.07, 6.45) is 12.5. The maximum atomic E-state index is 11.9. The molecule has 2 aliphatic rings. The van der Waals surface area contributed by atoms with E-state index in [0.29, 0.717) is 0 Å². The zero-order chi connectivity index (χ0) is 21.9. The maximum absolute atomic E-state index is 11.9. The number of phenols is 1. The van der Waals surface area contributed by atoms with Crippen LogP contribution in [0.15, 0.2) is 62.3 Å². The van der Waals surface area contributed by atoms with Gasteiger partial charge in [0, 0.05) is 12.0 Å². The molecule has 30 heavy (non-hydrogen) atoms. The van der Waals surface area contributed by atoms with E-state index in [9.17, 15) is 17.7 Å². The van der Waals surface area contributed by atoms with E-state index in [1.807, 2.05) is 43.4 Å². The number of anilines is 1. The minimum absolute atomic E-state index is 0.0259. The molecule has 2 atom stereocenters. The van der Waals surface area contributed by atoms with Gasteiger partial charge in [0.2, 0.25) is 10.0 Å². The molecule has 0 aromatic heterocycles. The van der Waals surface area contributed by atoms with Gasteiger partial charge in [0.05, 0.1) is 10.7 Å². The largest absolute Gasteiger partial charge is 0.504 e. The lowest BCUT2D eigenvalue weighted by Gasteiger charge is -2.23. The van der Waals surface area contributed by atoms with Crippen molar-refractivity contribution in [2.75, 3.05) is 5.32 Å². The molecule has 1 aliphatic heterocycles. The summed E-state index contributed by atoms with van der Waals surface area (Å²) in [7, 11) is -4.27. The molecule has 1 unspecified atom stereocenters. The molecular weight excluding hydrogens is 450 g/mol. The highest BCUT2D eigenvalue weighted by atomic mass is 35.5. The lowest BCUT2D eigenvalue weighted by molar-refractivity contribution is 0.461. The smallest absolute Gasteiger partial charge is 0.269 e. The van der Waals surface area contributed by atoms with E-state index in [0.717, 1.165) is 6.42 Å². The number of nitrogens with zero attached hydrogens (tertiary/aromatic N) is 2. The van der Waals surface area contributed by atoms with Crippen LogP contribution in [0.3, 0.4) is 0 Å². The van der Waals surface area contributed by atoms with Crippen LogP contribution in [0, 0.1) is 5.92 Å². The van der Waals surface area contributed by atoms with E-state index in [2.05, 4.69) is 19.4 Å². The number of sulfonamides is 1. The number of aromatic hydroxyl groups is 1. The molecule has 0 saturated heterocycles. The van der Waals surface area contributed by atoms with Crippen LogP contribution in [0.5, 0.6) is 5.75 Å². The third-order valence-electron chi connectivity index (χ3n) is 4.41. The second-order valence-corrected chi connectivity index (χ2v) is 9.18. The van der Waals surface area contributed by atoms with Crippen LogP contribution >= 0.6 is 11.6 Å². The van der Waals surface area contributed by atoms with Gasteiger partial charge < -0.3 is 15.7 Å². The fourth-order valence-corrected chi connectivity index (χ4v) is 4.80. The summed E-state index contributed by atoms with van der Waals surface area (Å²) in [4.78, 5) is -0.618. The third-order valence-corrected chi connectivity index (χ3v) is 6.50. The Balaban J connectivity index is 1.86. The van der Waals surface area contributed by atoms with Crippen molar-refractivity contribution in [3.63, 3.8) is 0 Å². The number of nitrogens with two attached hydrogens (primary N) is 1. The maximum Gasteiger partial charge on any atom is 0.269 e. The topological polar surface area (TPSA) is 146 Å². The molecule has 5 N–H and O–H groups in total. The van der Waals surface area contributed by atoms with Crippen molar-refractivity contribution in [3.05, 3.63) is 53.6 Å². The first-order valence-electron chi connectivity index (χ1n) is 8.90. The zero-order valence-corrected chi connectivity index (χ0v) is 18.2. The number of rotatable bonds is 5. The second kappa shape index (κ2) is 9.13. The van der Waals surface area contributed by atoms with Gasteiger partial charge in [0.15, 0.2) is 17.4 Å². The average molecular weight is 470 g/mol. The lowest BCUT2D eigenvalue weighted by atomic mass is 9.96. The highest BCUT2D eigenvalue weighted by molar-refractivity contribution is 7.89. The fourth-order valence-electron chi connectivity index (χ4n) is 2.98. The number of benzene rings is 1. The van der Waals surface area contributed by atoms with Gasteiger partial charge >= 0.3 is 0 Å². The second-order valence-electron chi connectivity index (χ2n) is 6.44. The molecule has 1 aromatic carbocycles. The van der Waals surface area contributed by atoms with E-state index < -0.39 is 31.8 Å². The van der Waals surface area contributed by atoms with Gasteiger partial charge in [-0.25, -0.2) is 17.8 Å². The Labute approximate surface area is 181 Å². The van der Waals surface area contributed by atoms with E-state index >= 15 is 0 Å². The highest BCUT2D eigenvalue weighted by Crippen LogP contribution is 2.36. The van der Waals surface area contributed by atoms with Crippen LogP contribution < -0.4 is 15.8 Å². The van der Waals surface area contributed by atoms with Crippen molar-refractivity contribution in [2.24, 2.45) is 19.9 Å². The Kier molecular flexibility index (Phi) is 6.76. The van der Waals surface area contributed by atoms with Crippen molar-refractivity contribution in [2.45, 2.75) is 24.3 Å². The molecule has 1 aromatic rings. The number of primary sulfonamides is 1. The first-order chi connectivity index (χ1) is 14.2. The van der Waals surface area contributed by atoms with Gasteiger partial charge in [-0.1, -0.05) is 55.0 Å². The van der Waals surface area contributed by atoms with Crippen LogP contribution in [0.25, 0.3) is 0 Å². The lowest BCUT2D eigenvalue weighted by Crippen LogP contribution is -2.43. The van der Waals surface area contributed by atoms with E-state index in [-0.39, 0.29) is 34.3 Å². The summed E-state index contributed by atoms with van der Waals surface area (Å²) in [5.74, 6) is -0.298. The van der Waals surface area contributed by atoms with Crippen molar-refractivity contribution in [1.29, 1.82) is 0 Å². The summed E-state index contributed by atoms with van der Waals surface area (Å²) in [6, 6.07) is 2.55. The molecule has 0 amide bonds. The molecule has 9 nitrogen and oxygen atoms in total. The van der Waals surface area contributed by atoms with E-state index in [1.165, 1.54) is 12.1 Å². The molecule has 0 saturated carbocycles. The molecular formula is C18H20ClN5O4S2. The monoisotopic (exact) mass is 469 g/mol. The van der Waals surface area contributed by atoms with Crippen LogP contribution in [-0.2, 0) is 21.2 Å². The molecule has 0 spiro atoms. The van der Waals surface area contributed by atoms with E-state index in [4.69, 9.17) is 16.7 Å². The minimum atomic E-state index is -4.27. The van der Waals surface area contributed by atoms with Gasteiger partial charge in [-0.3, -0.25) is 0 Å². The quantitative estimate of drug-likeness (QED) is 0.486. The molecule has 1 aliphatic carbocycles.